The molecule has 10 heavy (non-hydrogen) atoms. The topological polar surface area (TPSA) is 121 Å². The molecule has 3 N–H and O–H groups in total. The number of hydrogen-bond acceptors (Lipinski definition) is 6. The summed E-state index contributed by atoms with van der Waals surface area (Å²) in [6.07, 6.45) is 0. The van der Waals surface area contributed by atoms with E-state index in [4.69, 9.17) is 5.73 Å². The highest BCUT2D eigenvalue weighted by atomic mass is 16.7. The number of nitrogens with zero attached hydrogens (tertiary/aromatic N) is 3. The zero-order valence-electron chi connectivity index (χ0n) is 4.64. The lowest BCUT2D eigenvalue weighted by atomic mass is 10.7. The minimum atomic E-state index is -0.998. The Labute approximate surface area is 54.3 Å². The van der Waals surface area contributed by atoms with Gasteiger partial charge in [-0.15, -0.1) is 5.17 Å². The van der Waals surface area contributed by atoms with Gasteiger partial charge in [0, 0.05) is 5.22 Å². The van der Waals surface area contributed by atoms with Crippen molar-refractivity contribution in [3.63, 3.8) is 0 Å². The van der Waals surface area contributed by atoms with Crippen molar-refractivity contribution in [1.82, 2.24) is 0 Å². The summed E-state index contributed by atoms with van der Waals surface area (Å²) in [5.41, 5.74) is 4.93. The SMILES string of the molecule is NC1=C([N+](=O)[O-])[NH+]([O-])N=N1. The van der Waals surface area contributed by atoms with Crippen molar-refractivity contribution < 1.29 is 10.1 Å². The van der Waals surface area contributed by atoms with Crippen LogP contribution < -0.4 is 10.9 Å². The van der Waals surface area contributed by atoms with Gasteiger partial charge in [-0.2, -0.15) is 0 Å². The van der Waals surface area contributed by atoms with Crippen molar-refractivity contribution in [2.75, 3.05) is 0 Å². The third kappa shape index (κ3) is 0.806. The summed E-state index contributed by atoms with van der Waals surface area (Å²) in [7, 11) is 0. The van der Waals surface area contributed by atoms with Crippen LogP contribution in [0.5, 0.6) is 0 Å². The molecule has 0 spiro atoms. The minimum absolute atomic E-state index is 0.435. The molecule has 0 aliphatic carbocycles. The zero-order chi connectivity index (χ0) is 7.72. The van der Waals surface area contributed by atoms with Crippen LogP contribution in [0.15, 0.2) is 22.0 Å². The first-order valence-corrected chi connectivity index (χ1v) is 2.23. The van der Waals surface area contributed by atoms with Crippen LogP contribution in [0.2, 0.25) is 0 Å². The second-order valence-electron chi connectivity index (χ2n) is 1.50. The minimum Gasteiger partial charge on any atom is -0.595 e. The molecule has 54 valence electrons. The van der Waals surface area contributed by atoms with Gasteiger partial charge >= 0.3 is 5.82 Å². The van der Waals surface area contributed by atoms with E-state index in [-0.39, 0.29) is 0 Å². The average molecular weight is 145 g/mol. The molecule has 0 aromatic rings. The molecule has 1 heterocycles. The summed E-state index contributed by atoms with van der Waals surface area (Å²) < 4.78 is 0. The van der Waals surface area contributed by atoms with Crippen LogP contribution in [-0.4, -0.2) is 4.92 Å². The molecule has 1 rings (SSSR count). The highest BCUT2D eigenvalue weighted by Gasteiger charge is 2.31. The van der Waals surface area contributed by atoms with Crippen LogP contribution in [0.25, 0.3) is 0 Å². The number of hydroxylamine groups is 1. The van der Waals surface area contributed by atoms with E-state index in [9.17, 15) is 15.3 Å². The maximum absolute atomic E-state index is 10.4. The monoisotopic (exact) mass is 145 g/mol. The summed E-state index contributed by atoms with van der Waals surface area (Å²) in [4.78, 5) is 9.04. The standard InChI is InChI=1S/C2H3N5O3/c3-1-2(7(9)10)6(8)5-4-1/h6H,3H2. The van der Waals surface area contributed by atoms with E-state index >= 15 is 0 Å². The molecule has 0 aromatic carbocycles. The van der Waals surface area contributed by atoms with Crippen LogP contribution in [0, 0.1) is 15.3 Å². The summed E-state index contributed by atoms with van der Waals surface area (Å²) in [6.45, 7) is 0. The Morgan fingerprint density at radius 2 is 2.30 bits per heavy atom. The fourth-order valence-electron chi connectivity index (χ4n) is 0.475. The third-order valence-corrected chi connectivity index (χ3v) is 0.876. The smallest absolute Gasteiger partial charge is 0.498 e. The molecule has 0 aromatic heterocycles. The summed E-state index contributed by atoms with van der Waals surface area (Å²) in [5, 5.41) is 25.2. The Morgan fingerprint density at radius 3 is 2.50 bits per heavy atom. The Morgan fingerprint density at radius 1 is 1.70 bits per heavy atom. The maximum atomic E-state index is 10.4. The normalized spacial score (nSPS) is 23.9. The van der Waals surface area contributed by atoms with Crippen molar-refractivity contribution in [2.24, 2.45) is 16.1 Å². The van der Waals surface area contributed by atoms with Gasteiger partial charge in [0.05, 0.1) is 0 Å². The van der Waals surface area contributed by atoms with Crippen molar-refractivity contribution in [1.29, 1.82) is 0 Å². The van der Waals surface area contributed by atoms with E-state index in [2.05, 4.69) is 10.3 Å². The van der Waals surface area contributed by atoms with Crippen LogP contribution in [0.3, 0.4) is 0 Å². The molecule has 1 atom stereocenters. The van der Waals surface area contributed by atoms with Gasteiger partial charge < -0.3 is 10.9 Å². The Balaban J connectivity index is 2.96. The fraction of sp³-hybridized carbons (Fsp3) is 0. The molecule has 1 aliphatic rings. The first kappa shape index (κ1) is 6.58. The molecule has 0 radical (unpaired) electrons. The molecule has 0 fully saturated rings. The molecular formula is C2H3N5O3. The van der Waals surface area contributed by atoms with Crippen molar-refractivity contribution in [3.05, 3.63) is 27.0 Å². The van der Waals surface area contributed by atoms with E-state index in [1.807, 2.05) is 0 Å². The second-order valence-corrected chi connectivity index (χ2v) is 1.50. The van der Waals surface area contributed by atoms with Gasteiger partial charge in [0.15, 0.2) is 0 Å². The van der Waals surface area contributed by atoms with Crippen LogP contribution in [0.4, 0.5) is 0 Å². The van der Waals surface area contributed by atoms with Crippen molar-refractivity contribution >= 4 is 0 Å². The molecular weight excluding hydrogens is 142 g/mol. The molecule has 1 aliphatic heterocycles. The molecule has 1 unspecified atom stereocenters. The van der Waals surface area contributed by atoms with E-state index in [0.29, 0.717) is 0 Å². The summed E-state index contributed by atoms with van der Waals surface area (Å²) in [5.74, 6) is -1.19. The Kier molecular flexibility index (Phi) is 1.32. The van der Waals surface area contributed by atoms with Crippen molar-refractivity contribution in [2.45, 2.75) is 0 Å². The van der Waals surface area contributed by atoms with Gasteiger partial charge in [0.2, 0.25) is 0 Å². The molecule has 8 heteroatoms. The maximum Gasteiger partial charge on any atom is 0.498 e. The number of quaternary nitrogens is 1. The van der Waals surface area contributed by atoms with Crippen LogP contribution >= 0.6 is 0 Å². The third-order valence-electron chi connectivity index (χ3n) is 0.876. The fourth-order valence-corrected chi connectivity index (χ4v) is 0.475. The Hall–Kier alpha value is -1.54. The largest absolute Gasteiger partial charge is 0.595 e. The first-order chi connectivity index (χ1) is 4.63. The molecule has 0 saturated heterocycles. The number of hydrogen-bond donors (Lipinski definition) is 2. The summed E-state index contributed by atoms with van der Waals surface area (Å²) >= 11 is 0. The Bertz CT molecular complexity index is 231. The van der Waals surface area contributed by atoms with E-state index < -0.39 is 21.7 Å². The number of nitro groups is 1. The number of rotatable bonds is 1. The average Bonchev–Trinajstić information content (AvgIpc) is 2.11. The molecule has 8 nitrogen and oxygen atoms in total. The predicted molar refractivity (Wildman–Crippen MR) is 27.4 cm³/mol. The first-order valence-electron chi connectivity index (χ1n) is 2.23. The van der Waals surface area contributed by atoms with Gasteiger partial charge in [0.1, 0.15) is 4.92 Å². The lowest BCUT2D eigenvalue weighted by molar-refractivity contribution is -0.879. The highest BCUT2D eigenvalue weighted by molar-refractivity contribution is 4.94. The zero-order valence-corrected chi connectivity index (χ0v) is 4.64. The van der Waals surface area contributed by atoms with E-state index in [1.165, 1.54) is 0 Å². The van der Waals surface area contributed by atoms with Crippen LogP contribution in [0.1, 0.15) is 0 Å². The van der Waals surface area contributed by atoms with E-state index in [1.54, 1.807) is 0 Å². The van der Waals surface area contributed by atoms with Gasteiger partial charge in [0.25, 0.3) is 5.82 Å². The quantitative estimate of drug-likeness (QED) is 0.254. The van der Waals surface area contributed by atoms with Crippen molar-refractivity contribution in [3.8, 4) is 0 Å². The number of nitrogens with one attached hydrogen (secondary N) is 1. The lowest BCUT2D eigenvalue weighted by Gasteiger charge is -2.01. The summed E-state index contributed by atoms with van der Waals surface area (Å²) in [6, 6.07) is 0. The van der Waals surface area contributed by atoms with Gasteiger partial charge in [-0.05, 0) is 0 Å². The number of nitrogens with two attached hydrogens (primary N) is 1. The molecule has 0 amide bonds. The molecule has 0 saturated carbocycles. The van der Waals surface area contributed by atoms with Gasteiger partial charge in [-0.1, -0.05) is 5.11 Å². The predicted octanol–water partition coefficient (Wildman–Crippen LogP) is -1.89. The lowest BCUT2D eigenvalue weighted by Crippen LogP contribution is -3.00. The molecule has 0 bridgehead atoms. The van der Waals surface area contributed by atoms with Crippen LogP contribution in [-0.2, 0) is 0 Å². The highest BCUT2D eigenvalue weighted by Crippen LogP contribution is 1.98. The van der Waals surface area contributed by atoms with E-state index in [0.717, 1.165) is 0 Å². The van der Waals surface area contributed by atoms with Gasteiger partial charge in [-0.25, -0.2) is 0 Å². The second kappa shape index (κ2) is 2.01. The van der Waals surface area contributed by atoms with Gasteiger partial charge in [-0.3, -0.25) is 10.1 Å².